The van der Waals surface area contributed by atoms with Crippen LogP contribution in [-0.4, -0.2) is 54.2 Å². The molecule has 1 aliphatic rings. The molecule has 0 spiro atoms. The van der Waals surface area contributed by atoms with E-state index in [-0.39, 0.29) is 11.7 Å². The van der Waals surface area contributed by atoms with Crippen LogP contribution in [-0.2, 0) is 4.79 Å². The summed E-state index contributed by atoms with van der Waals surface area (Å²) >= 11 is 0. The maximum atomic E-state index is 11.9. The number of rotatable bonds is 5. The van der Waals surface area contributed by atoms with Crippen LogP contribution in [0.4, 0.5) is 0 Å². The molecule has 1 saturated heterocycles. The van der Waals surface area contributed by atoms with Gasteiger partial charge in [-0.05, 0) is 18.1 Å². The number of hydrogen-bond donors (Lipinski definition) is 0. The Balaban J connectivity index is 1.77. The largest absolute Gasteiger partial charge is 0.461 e. The average molecular weight is 278 g/mol. The standard InChI is InChI=1S/C15H22N2O3/c1-12(2)10-15(19)17-7-5-16(6-8-17)11-13(18)14-4-3-9-20-14/h3-4,9,12H,5-8,10-11H2,1-2H3. The summed E-state index contributed by atoms with van der Waals surface area (Å²) in [5.74, 6) is 1.01. The third-order valence-corrected chi connectivity index (χ3v) is 3.47. The molecule has 5 heteroatoms. The number of ketones is 1. The number of Topliss-reactive ketones (excluding diaryl/α,β-unsaturated/α-hetero) is 1. The number of amides is 1. The molecule has 1 fully saturated rings. The van der Waals surface area contributed by atoms with Gasteiger partial charge in [-0.15, -0.1) is 0 Å². The van der Waals surface area contributed by atoms with Crippen LogP contribution in [0.3, 0.4) is 0 Å². The predicted octanol–water partition coefficient (Wildman–Crippen LogP) is 1.65. The van der Waals surface area contributed by atoms with Crippen molar-refractivity contribution in [2.45, 2.75) is 20.3 Å². The molecule has 1 aromatic heterocycles. The minimum Gasteiger partial charge on any atom is -0.461 e. The van der Waals surface area contributed by atoms with Crippen molar-refractivity contribution in [2.75, 3.05) is 32.7 Å². The van der Waals surface area contributed by atoms with Crippen LogP contribution in [0.5, 0.6) is 0 Å². The van der Waals surface area contributed by atoms with E-state index < -0.39 is 0 Å². The minimum atomic E-state index is -0.00282. The molecule has 1 aliphatic heterocycles. The highest BCUT2D eigenvalue weighted by molar-refractivity contribution is 5.95. The summed E-state index contributed by atoms with van der Waals surface area (Å²) in [6.07, 6.45) is 2.11. The van der Waals surface area contributed by atoms with E-state index in [1.54, 1.807) is 12.1 Å². The Labute approximate surface area is 119 Å². The van der Waals surface area contributed by atoms with Crippen molar-refractivity contribution in [1.82, 2.24) is 9.80 Å². The molecule has 2 rings (SSSR count). The van der Waals surface area contributed by atoms with Gasteiger partial charge in [0.1, 0.15) is 0 Å². The highest BCUT2D eigenvalue weighted by Crippen LogP contribution is 2.09. The van der Waals surface area contributed by atoms with Crippen LogP contribution in [0, 0.1) is 5.92 Å². The van der Waals surface area contributed by atoms with Crippen molar-refractivity contribution < 1.29 is 14.0 Å². The predicted molar refractivity (Wildman–Crippen MR) is 75.5 cm³/mol. The summed E-state index contributed by atoms with van der Waals surface area (Å²) in [5.41, 5.74) is 0. The maximum absolute atomic E-state index is 11.9. The fraction of sp³-hybridized carbons (Fsp3) is 0.600. The van der Waals surface area contributed by atoms with E-state index in [9.17, 15) is 9.59 Å². The van der Waals surface area contributed by atoms with Gasteiger partial charge in [0.2, 0.25) is 11.7 Å². The molecule has 0 aromatic carbocycles. The Hall–Kier alpha value is -1.62. The Bertz CT molecular complexity index is 446. The molecule has 0 aliphatic carbocycles. The van der Waals surface area contributed by atoms with Gasteiger partial charge in [0, 0.05) is 32.6 Å². The number of furan rings is 1. The van der Waals surface area contributed by atoms with Gasteiger partial charge in [0.15, 0.2) is 5.76 Å². The molecule has 0 atom stereocenters. The van der Waals surface area contributed by atoms with Crippen LogP contribution >= 0.6 is 0 Å². The lowest BCUT2D eigenvalue weighted by atomic mass is 10.1. The highest BCUT2D eigenvalue weighted by Gasteiger charge is 2.23. The van der Waals surface area contributed by atoms with Crippen molar-refractivity contribution in [3.63, 3.8) is 0 Å². The third kappa shape index (κ3) is 3.93. The van der Waals surface area contributed by atoms with Gasteiger partial charge in [-0.25, -0.2) is 0 Å². The SMILES string of the molecule is CC(C)CC(=O)N1CCN(CC(=O)c2ccco2)CC1. The fourth-order valence-corrected chi connectivity index (χ4v) is 2.35. The van der Waals surface area contributed by atoms with Gasteiger partial charge in [-0.2, -0.15) is 0 Å². The first-order chi connectivity index (χ1) is 9.56. The summed E-state index contributed by atoms with van der Waals surface area (Å²) in [6.45, 7) is 7.37. The maximum Gasteiger partial charge on any atom is 0.222 e. The first kappa shape index (κ1) is 14.8. The summed E-state index contributed by atoms with van der Waals surface area (Å²) in [7, 11) is 0. The molecule has 1 amide bonds. The van der Waals surface area contributed by atoms with E-state index >= 15 is 0 Å². The zero-order valence-corrected chi connectivity index (χ0v) is 12.2. The molecule has 0 unspecified atom stereocenters. The zero-order chi connectivity index (χ0) is 14.5. The summed E-state index contributed by atoms with van der Waals surface area (Å²) in [6, 6.07) is 3.40. The summed E-state index contributed by atoms with van der Waals surface area (Å²) in [5, 5.41) is 0. The zero-order valence-electron chi connectivity index (χ0n) is 12.2. The molecule has 20 heavy (non-hydrogen) atoms. The van der Waals surface area contributed by atoms with Crippen molar-refractivity contribution in [3.8, 4) is 0 Å². The number of carbonyl (C=O) groups is 2. The Morgan fingerprint density at radius 1 is 1.25 bits per heavy atom. The second-order valence-corrected chi connectivity index (χ2v) is 5.66. The molecular weight excluding hydrogens is 256 g/mol. The van der Waals surface area contributed by atoms with Crippen molar-refractivity contribution in [3.05, 3.63) is 24.2 Å². The average Bonchev–Trinajstić information content (AvgIpc) is 2.92. The van der Waals surface area contributed by atoms with Crippen LogP contribution < -0.4 is 0 Å². The Morgan fingerprint density at radius 2 is 1.95 bits per heavy atom. The molecule has 1 aromatic rings. The monoisotopic (exact) mass is 278 g/mol. The van der Waals surface area contributed by atoms with Gasteiger partial charge in [0.25, 0.3) is 0 Å². The van der Waals surface area contributed by atoms with E-state index in [1.807, 2.05) is 4.90 Å². The van der Waals surface area contributed by atoms with Gasteiger partial charge in [-0.1, -0.05) is 13.8 Å². The molecule has 0 saturated carbocycles. The van der Waals surface area contributed by atoms with Crippen molar-refractivity contribution in [1.29, 1.82) is 0 Å². The number of nitrogens with zero attached hydrogens (tertiary/aromatic N) is 2. The van der Waals surface area contributed by atoms with E-state index in [4.69, 9.17) is 4.42 Å². The topological polar surface area (TPSA) is 53.8 Å². The van der Waals surface area contributed by atoms with Crippen LogP contribution in [0.25, 0.3) is 0 Å². The molecule has 0 radical (unpaired) electrons. The lowest BCUT2D eigenvalue weighted by molar-refractivity contribution is -0.133. The second-order valence-electron chi connectivity index (χ2n) is 5.66. The van der Waals surface area contributed by atoms with Gasteiger partial charge in [0.05, 0.1) is 12.8 Å². The quantitative estimate of drug-likeness (QED) is 0.769. The smallest absolute Gasteiger partial charge is 0.222 e. The number of piperazine rings is 1. The lowest BCUT2D eigenvalue weighted by Gasteiger charge is -2.34. The highest BCUT2D eigenvalue weighted by atomic mass is 16.3. The molecule has 5 nitrogen and oxygen atoms in total. The van der Waals surface area contributed by atoms with Crippen LogP contribution in [0.15, 0.2) is 22.8 Å². The van der Waals surface area contributed by atoms with Gasteiger partial charge in [-0.3, -0.25) is 14.5 Å². The molecule has 0 N–H and O–H groups in total. The minimum absolute atomic E-state index is 0.00282. The normalized spacial score (nSPS) is 16.6. The van der Waals surface area contributed by atoms with E-state index in [1.165, 1.54) is 6.26 Å². The van der Waals surface area contributed by atoms with Gasteiger partial charge >= 0.3 is 0 Å². The van der Waals surface area contributed by atoms with Gasteiger partial charge < -0.3 is 9.32 Å². The van der Waals surface area contributed by atoms with E-state index in [2.05, 4.69) is 18.7 Å². The first-order valence-corrected chi connectivity index (χ1v) is 7.13. The third-order valence-electron chi connectivity index (χ3n) is 3.47. The Kier molecular flexibility index (Phi) is 4.95. The molecule has 2 heterocycles. The number of carbonyl (C=O) groups excluding carboxylic acids is 2. The van der Waals surface area contributed by atoms with E-state index in [0.29, 0.717) is 37.7 Å². The first-order valence-electron chi connectivity index (χ1n) is 7.13. The van der Waals surface area contributed by atoms with Crippen LogP contribution in [0.2, 0.25) is 0 Å². The van der Waals surface area contributed by atoms with E-state index in [0.717, 1.165) is 13.1 Å². The summed E-state index contributed by atoms with van der Waals surface area (Å²) in [4.78, 5) is 27.8. The molecular formula is C15H22N2O3. The van der Waals surface area contributed by atoms with Crippen molar-refractivity contribution in [2.24, 2.45) is 5.92 Å². The second kappa shape index (κ2) is 6.70. The fourth-order valence-electron chi connectivity index (χ4n) is 2.35. The lowest BCUT2D eigenvalue weighted by Crippen LogP contribution is -2.50. The van der Waals surface area contributed by atoms with Crippen molar-refractivity contribution >= 4 is 11.7 Å². The Morgan fingerprint density at radius 3 is 2.50 bits per heavy atom. The molecule has 110 valence electrons. The molecule has 0 bridgehead atoms. The number of hydrogen-bond acceptors (Lipinski definition) is 4. The van der Waals surface area contributed by atoms with Crippen LogP contribution in [0.1, 0.15) is 30.8 Å². The summed E-state index contributed by atoms with van der Waals surface area (Å²) < 4.78 is 5.10.